The Morgan fingerprint density at radius 3 is 1.92 bits per heavy atom. The molecule has 6 aliphatic rings. The Morgan fingerprint density at radius 2 is 1.37 bits per heavy atom. The molecule has 9 heteroatoms. The summed E-state index contributed by atoms with van der Waals surface area (Å²) in [6, 6.07) is 0. The van der Waals surface area contributed by atoms with Crippen molar-refractivity contribution in [1.82, 2.24) is 0 Å². The summed E-state index contributed by atoms with van der Waals surface area (Å²) in [6.07, 6.45) is 5.73. The number of Topliss-reactive ketones (excluding diaryl/α,β-unsaturated/α-hetero) is 1. The molecule has 0 aromatic heterocycles. The van der Waals surface area contributed by atoms with Crippen molar-refractivity contribution in [2.45, 2.75) is 164 Å². The van der Waals surface area contributed by atoms with Crippen LogP contribution in [0.3, 0.4) is 0 Å². The van der Waals surface area contributed by atoms with Gasteiger partial charge in [-0.05, 0) is 96.1 Å². The molecular weight excluding hydrogens is 660 g/mol. The van der Waals surface area contributed by atoms with Gasteiger partial charge in [-0.2, -0.15) is 0 Å². The standard InChI is InChI=1S/C21H30O5.C20H30O4.2CH4/c1-6-24-18-12(3)8-9-20(25-7-2)19(5)11-16(23)26-21(18,20)17-13(4)15(22)10-14(17)19;1-7-12-19-17(22-9-3)15(5)11-13-20(19,23-10-4)18(6,8-2)14-16(21)24-19;;/h12,14,18H,6-11H2,1-5H3;8,15,17H,2,9-11,13-14H2,1,3-6H3;2*1H4/t12?,14-,18?,19-,20+,21-;15?,17?,18?,19?,20-;;/m10../s1. The molecule has 294 valence electrons. The van der Waals surface area contributed by atoms with Crippen LogP contribution in [-0.2, 0) is 42.8 Å². The maximum atomic E-state index is 12.8. The van der Waals surface area contributed by atoms with Crippen LogP contribution in [0.1, 0.15) is 129 Å². The van der Waals surface area contributed by atoms with Crippen LogP contribution >= 0.6 is 0 Å². The summed E-state index contributed by atoms with van der Waals surface area (Å²) in [6.45, 7) is 26.1. The van der Waals surface area contributed by atoms with Crippen molar-refractivity contribution in [3.63, 3.8) is 0 Å². The molecule has 2 aliphatic heterocycles. The van der Waals surface area contributed by atoms with Gasteiger partial charge in [0.15, 0.2) is 11.4 Å². The number of hydrogen-bond acceptors (Lipinski definition) is 9. The molecule has 0 aromatic rings. The van der Waals surface area contributed by atoms with E-state index >= 15 is 0 Å². The normalized spacial score (nSPS) is 42.7. The maximum absolute atomic E-state index is 12.8. The van der Waals surface area contributed by atoms with Crippen LogP contribution in [0.15, 0.2) is 23.8 Å². The molecule has 2 bridgehead atoms. The van der Waals surface area contributed by atoms with Crippen molar-refractivity contribution in [1.29, 1.82) is 0 Å². The molecule has 2 saturated heterocycles. The number of rotatable bonds is 9. The lowest BCUT2D eigenvalue weighted by Gasteiger charge is -2.62. The van der Waals surface area contributed by atoms with Crippen molar-refractivity contribution in [3.8, 4) is 11.8 Å². The number of hydrogen-bond donors (Lipinski definition) is 0. The number of ketones is 1. The largest absolute Gasteiger partial charge is 0.448 e. The van der Waals surface area contributed by atoms with Gasteiger partial charge in [-0.3, -0.25) is 14.4 Å². The summed E-state index contributed by atoms with van der Waals surface area (Å²) in [5.74, 6) is 6.37. The van der Waals surface area contributed by atoms with Crippen LogP contribution in [0.5, 0.6) is 0 Å². The van der Waals surface area contributed by atoms with E-state index in [2.05, 4.69) is 39.2 Å². The van der Waals surface area contributed by atoms with Crippen LogP contribution < -0.4 is 0 Å². The first kappa shape index (κ1) is 43.9. The third-order valence-corrected chi connectivity index (χ3v) is 13.3. The van der Waals surface area contributed by atoms with Crippen molar-refractivity contribution in [2.75, 3.05) is 26.4 Å². The Kier molecular flexibility index (Phi) is 13.2. The summed E-state index contributed by atoms with van der Waals surface area (Å²) in [5.41, 5.74) is -2.68. The smallest absolute Gasteiger partial charge is 0.308 e. The van der Waals surface area contributed by atoms with E-state index in [0.717, 1.165) is 36.8 Å². The molecule has 0 spiro atoms. The van der Waals surface area contributed by atoms with E-state index in [1.807, 2.05) is 47.6 Å². The lowest BCUT2D eigenvalue weighted by atomic mass is 9.53. The Hall–Kier alpha value is -2.51. The Morgan fingerprint density at radius 1 is 0.827 bits per heavy atom. The SMILES string of the molecule is C.C.C=CC1(C)CC(=O)OC2(C#CC)C(OCC)C(C)CC[C@]12OCC.CCOC1C(C)CC[C@@]2(OCC)[C@]13OC(=O)C[C@]2(C)[C@@H]1CC(=O)C(C)=C13. The second-order valence-electron chi connectivity index (χ2n) is 15.7. The van der Waals surface area contributed by atoms with Gasteiger partial charge in [0, 0.05) is 49.6 Å². The fourth-order valence-electron chi connectivity index (χ4n) is 11.3. The first-order chi connectivity index (χ1) is 23.6. The fraction of sp³-hybridized carbons (Fsp3) is 0.791. The third kappa shape index (κ3) is 5.67. The molecule has 2 heterocycles. The highest BCUT2D eigenvalue weighted by molar-refractivity contribution is 6.00. The number of esters is 2. The van der Waals surface area contributed by atoms with Gasteiger partial charge in [-0.25, -0.2) is 0 Å². The Labute approximate surface area is 314 Å². The second-order valence-corrected chi connectivity index (χ2v) is 15.7. The molecule has 0 aromatic carbocycles. The molecule has 0 radical (unpaired) electrons. The number of carbonyl (C=O) groups is 3. The minimum Gasteiger partial charge on any atom is -0.448 e. The van der Waals surface area contributed by atoms with Crippen LogP contribution in [0.4, 0.5) is 0 Å². The Bertz CT molecular complexity index is 1470. The number of fused-ring (bicyclic) bond motifs is 3. The average Bonchev–Trinajstić information content (AvgIpc) is 3.41. The highest BCUT2D eigenvalue weighted by atomic mass is 16.6. The maximum Gasteiger partial charge on any atom is 0.308 e. The summed E-state index contributed by atoms with van der Waals surface area (Å²) in [4.78, 5) is 37.9. The molecule has 11 atom stereocenters. The van der Waals surface area contributed by atoms with Gasteiger partial charge >= 0.3 is 11.9 Å². The molecule has 3 saturated carbocycles. The van der Waals surface area contributed by atoms with Gasteiger partial charge in [0.05, 0.1) is 12.8 Å². The molecule has 6 rings (SSSR count). The first-order valence-electron chi connectivity index (χ1n) is 18.9. The lowest BCUT2D eigenvalue weighted by Crippen LogP contribution is -2.76. The van der Waals surface area contributed by atoms with Crippen molar-refractivity contribution < 1.29 is 42.8 Å². The van der Waals surface area contributed by atoms with Crippen molar-refractivity contribution >= 4 is 17.7 Å². The zero-order valence-corrected chi connectivity index (χ0v) is 32.1. The zero-order valence-electron chi connectivity index (χ0n) is 32.1. The molecule has 0 N–H and O–H groups in total. The predicted molar refractivity (Wildman–Crippen MR) is 202 cm³/mol. The number of ether oxygens (including phenoxy) is 6. The second kappa shape index (κ2) is 15.7. The van der Waals surface area contributed by atoms with Crippen molar-refractivity contribution in [2.24, 2.45) is 28.6 Å². The minimum atomic E-state index is -1.11. The van der Waals surface area contributed by atoms with Crippen LogP contribution in [0, 0.1) is 40.4 Å². The average molecular weight is 729 g/mol. The van der Waals surface area contributed by atoms with Crippen molar-refractivity contribution in [3.05, 3.63) is 23.8 Å². The van der Waals surface area contributed by atoms with E-state index in [4.69, 9.17) is 28.4 Å². The molecular formula is C43H68O9. The van der Waals surface area contributed by atoms with E-state index < -0.39 is 33.2 Å². The molecule has 0 amide bonds. The zero-order chi connectivity index (χ0) is 36.9. The van der Waals surface area contributed by atoms with Gasteiger partial charge in [0.25, 0.3) is 0 Å². The summed E-state index contributed by atoms with van der Waals surface area (Å²) < 4.78 is 37.5. The molecule has 5 fully saturated rings. The van der Waals surface area contributed by atoms with Gasteiger partial charge in [0.2, 0.25) is 5.60 Å². The highest BCUT2D eigenvalue weighted by Crippen LogP contribution is 2.73. The van der Waals surface area contributed by atoms with E-state index in [-0.39, 0.29) is 69.0 Å². The number of carbonyl (C=O) groups excluding carboxylic acids is 3. The monoisotopic (exact) mass is 728 g/mol. The third-order valence-electron chi connectivity index (χ3n) is 13.3. The molecule has 6 unspecified atom stereocenters. The summed E-state index contributed by atoms with van der Waals surface area (Å²) >= 11 is 0. The predicted octanol–water partition coefficient (Wildman–Crippen LogP) is 7.98. The first-order valence-corrected chi connectivity index (χ1v) is 18.9. The van der Waals surface area contributed by atoms with E-state index in [1.54, 1.807) is 6.92 Å². The lowest BCUT2D eigenvalue weighted by molar-refractivity contribution is -0.296. The summed E-state index contributed by atoms with van der Waals surface area (Å²) in [7, 11) is 0. The van der Waals surface area contributed by atoms with Gasteiger partial charge in [-0.1, -0.05) is 48.6 Å². The van der Waals surface area contributed by atoms with Crippen LogP contribution in [0.2, 0.25) is 0 Å². The topological polar surface area (TPSA) is 107 Å². The van der Waals surface area contributed by atoms with Crippen LogP contribution in [-0.4, -0.2) is 78.8 Å². The molecule has 9 nitrogen and oxygen atoms in total. The fourth-order valence-corrected chi connectivity index (χ4v) is 11.3. The van der Waals surface area contributed by atoms with Gasteiger partial charge < -0.3 is 28.4 Å². The Balaban J connectivity index is 0.000000271. The van der Waals surface area contributed by atoms with Gasteiger partial charge in [0.1, 0.15) is 23.4 Å². The van der Waals surface area contributed by atoms with E-state index in [1.165, 1.54) is 0 Å². The number of allylic oxidation sites excluding steroid dienone is 1. The highest BCUT2D eigenvalue weighted by Gasteiger charge is 2.83. The van der Waals surface area contributed by atoms with E-state index in [9.17, 15) is 14.4 Å². The molecule has 4 aliphatic carbocycles. The molecule has 52 heavy (non-hydrogen) atoms. The summed E-state index contributed by atoms with van der Waals surface area (Å²) in [5, 5.41) is 0. The van der Waals surface area contributed by atoms with Crippen LogP contribution in [0.25, 0.3) is 0 Å². The van der Waals surface area contributed by atoms with E-state index in [0.29, 0.717) is 39.3 Å². The quantitative estimate of drug-likeness (QED) is 0.133. The van der Waals surface area contributed by atoms with Gasteiger partial charge in [-0.15, -0.1) is 12.5 Å². The minimum absolute atomic E-state index is 0.